The molecule has 0 amide bonds. The molecular weight excluding hydrogens is 385 g/mol. The monoisotopic (exact) mass is 397 g/mol. The molecule has 0 spiro atoms. The largest absolute Gasteiger partial charge is 0.573 e. The van der Waals surface area contributed by atoms with Crippen LogP contribution in [0.25, 0.3) is 0 Å². The molecule has 26 heavy (non-hydrogen) atoms. The van der Waals surface area contributed by atoms with E-state index in [2.05, 4.69) is 14.2 Å². The number of hydrogen-bond donors (Lipinski definition) is 1. The van der Waals surface area contributed by atoms with Crippen molar-refractivity contribution in [1.29, 1.82) is 0 Å². The summed E-state index contributed by atoms with van der Waals surface area (Å²) in [6.07, 6.45) is -4.90. The van der Waals surface area contributed by atoms with Crippen LogP contribution in [0.4, 0.5) is 22.0 Å². The van der Waals surface area contributed by atoms with E-state index in [0.717, 1.165) is 24.3 Å². The zero-order valence-electron chi connectivity index (χ0n) is 12.8. The van der Waals surface area contributed by atoms with Gasteiger partial charge in [0.15, 0.2) is 0 Å². The van der Waals surface area contributed by atoms with E-state index in [-0.39, 0.29) is 22.8 Å². The number of benzene rings is 2. The highest BCUT2D eigenvalue weighted by atomic mass is 32.2. The Bertz CT molecular complexity index is 838. The average molecular weight is 397 g/mol. The third-order valence-corrected chi connectivity index (χ3v) is 4.43. The molecular formula is C15H12F5NO4S. The fraction of sp³-hybridized carbons (Fsp3) is 0.200. The summed E-state index contributed by atoms with van der Waals surface area (Å²) < 4.78 is 95.4. The Kier molecular flexibility index (Phi) is 6.03. The van der Waals surface area contributed by atoms with Crippen molar-refractivity contribution >= 4 is 10.0 Å². The van der Waals surface area contributed by atoms with Gasteiger partial charge < -0.3 is 9.47 Å². The predicted octanol–water partition coefficient (Wildman–Crippen LogP) is 3.67. The molecule has 0 aliphatic rings. The zero-order chi connectivity index (χ0) is 19.4. The summed E-state index contributed by atoms with van der Waals surface area (Å²) in [4.78, 5) is -0.320. The van der Waals surface area contributed by atoms with Crippen LogP contribution in [-0.2, 0) is 16.6 Å². The molecule has 0 unspecified atom stereocenters. The van der Waals surface area contributed by atoms with Gasteiger partial charge in [-0.2, -0.15) is 8.78 Å². The standard InChI is InChI=1S/C15H12F5NO4S/c16-14(17)24-13-4-2-1-3-10(13)9-21-26(22,23)12-7-5-11(6-8-12)25-15(18,19)20/h1-8,14,21H,9H2. The van der Waals surface area contributed by atoms with Gasteiger partial charge in [-0.1, -0.05) is 18.2 Å². The molecule has 0 fully saturated rings. The number of nitrogens with one attached hydrogen (secondary N) is 1. The lowest BCUT2D eigenvalue weighted by Crippen LogP contribution is -2.24. The highest BCUT2D eigenvalue weighted by Crippen LogP contribution is 2.24. The third-order valence-electron chi connectivity index (χ3n) is 3.01. The van der Waals surface area contributed by atoms with Gasteiger partial charge >= 0.3 is 13.0 Å². The molecule has 0 radical (unpaired) electrons. The zero-order valence-corrected chi connectivity index (χ0v) is 13.7. The van der Waals surface area contributed by atoms with E-state index in [1.165, 1.54) is 24.3 Å². The number of hydrogen-bond acceptors (Lipinski definition) is 4. The number of alkyl halides is 5. The molecule has 0 aromatic heterocycles. The Hall–Kier alpha value is -2.40. The molecule has 0 heterocycles. The van der Waals surface area contributed by atoms with Crippen LogP contribution < -0.4 is 14.2 Å². The molecule has 142 valence electrons. The summed E-state index contributed by atoms with van der Waals surface area (Å²) in [5, 5.41) is 0. The first-order valence-electron chi connectivity index (χ1n) is 6.95. The molecule has 0 saturated heterocycles. The molecule has 1 N–H and O–H groups in total. The van der Waals surface area contributed by atoms with Gasteiger partial charge in [0.05, 0.1) is 4.90 Å². The topological polar surface area (TPSA) is 64.6 Å². The lowest BCUT2D eigenvalue weighted by atomic mass is 10.2. The summed E-state index contributed by atoms with van der Waals surface area (Å²) in [6.45, 7) is -3.43. The van der Waals surface area contributed by atoms with Gasteiger partial charge in [-0.3, -0.25) is 0 Å². The molecule has 0 atom stereocenters. The minimum absolute atomic E-state index is 0.161. The number of para-hydroxylation sites is 1. The van der Waals surface area contributed by atoms with Gasteiger partial charge in [0, 0.05) is 12.1 Å². The summed E-state index contributed by atoms with van der Waals surface area (Å²) >= 11 is 0. The first kappa shape index (κ1) is 19.9. The van der Waals surface area contributed by atoms with Crippen molar-refractivity contribution in [2.24, 2.45) is 0 Å². The SMILES string of the molecule is O=S(=O)(NCc1ccccc1OC(F)F)c1ccc(OC(F)(F)F)cc1. The Morgan fingerprint density at radius 1 is 1.00 bits per heavy atom. The number of ether oxygens (including phenoxy) is 2. The smallest absolute Gasteiger partial charge is 0.434 e. The number of sulfonamides is 1. The second-order valence-corrected chi connectivity index (χ2v) is 6.60. The summed E-state index contributed by atoms with van der Waals surface area (Å²) in [7, 11) is -4.09. The fourth-order valence-electron chi connectivity index (χ4n) is 1.94. The van der Waals surface area contributed by atoms with E-state index in [9.17, 15) is 30.4 Å². The van der Waals surface area contributed by atoms with E-state index < -0.39 is 28.7 Å². The Balaban J connectivity index is 2.10. The van der Waals surface area contributed by atoms with Crippen LogP contribution in [0, 0.1) is 0 Å². The van der Waals surface area contributed by atoms with Crippen LogP contribution in [0.2, 0.25) is 0 Å². The van der Waals surface area contributed by atoms with E-state index in [4.69, 9.17) is 0 Å². The summed E-state index contributed by atoms with van der Waals surface area (Å²) in [6, 6.07) is 9.11. The lowest BCUT2D eigenvalue weighted by molar-refractivity contribution is -0.274. The normalized spacial score (nSPS) is 12.2. The van der Waals surface area contributed by atoms with E-state index >= 15 is 0 Å². The van der Waals surface area contributed by atoms with Gasteiger partial charge in [0.25, 0.3) is 0 Å². The highest BCUT2D eigenvalue weighted by molar-refractivity contribution is 7.89. The third kappa shape index (κ3) is 5.85. The Morgan fingerprint density at radius 3 is 2.19 bits per heavy atom. The maximum Gasteiger partial charge on any atom is 0.573 e. The van der Waals surface area contributed by atoms with E-state index in [1.807, 2.05) is 0 Å². The minimum Gasteiger partial charge on any atom is -0.434 e. The van der Waals surface area contributed by atoms with Crippen LogP contribution in [0.1, 0.15) is 5.56 Å². The number of rotatable bonds is 7. The van der Waals surface area contributed by atoms with Crippen molar-refractivity contribution < 1.29 is 39.8 Å². The van der Waals surface area contributed by atoms with Crippen LogP contribution in [0.5, 0.6) is 11.5 Å². The van der Waals surface area contributed by atoms with Gasteiger partial charge in [-0.05, 0) is 30.3 Å². The van der Waals surface area contributed by atoms with Crippen molar-refractivity contribution in [3.05, 3.63) is 54.1 Å². The van der Waals surface area contributed by atoms with Crippen molar-refractivity contribution in [3.63, 3.8) is 0 Å². The van der Waals surface area contributed by atoms with Crippen LogP contribution in [0.15, 0.2) is 53.4 Å². The van der Waals surface area contributed by atoms with Gasteiger partial charge in [-0.25, -0.2) is 13.1 Å². The maximum atomic E-state index is 12.3. The maximum absolute atomic E-state index is 12.3. The van der Waals surface area contributed by atoms with Crippen LogP contribution >= 0.6 is 0 Å². The lowest BCUT2D eigenvalue weighted by Gasteiger charge is -2.12. The molecule has 2 aromatic rings. The molecule has 5 nitrogen and oxygen atoms in total. The second kappa shape index (κ2) is 7.87. The average Bonchev–Trinajstić information content (AvgIpc) is 2.52. The van der Waals surface area contributed by atoms with Crippen molar-refractivity contribution in [1.82, 2.24) is 4.72 Å². The quantitative estimate of drug-likeness (QED) is 0.725. The molecule has 0 aliphatic heterocycles. The van der Waals surface area contributed by atoms with Crippen molar-refractivity contribution in [3.8, 4) is 11.5 Å². The van der Waals surface area contributed by atoms with Crippen LogP contribution in [0.3, 0.4) is 0 Å². The molecule has 0 saturated carbocycles. The Labute approximate surface area is 145 Å². The van der Waals surface area contributed by atoms with Crippen molar-refractivity contribution in [2.75, 3.05) is 0 Å². The second-order valence-electron chi connectivity index (χ2n) is 4.83. The molecule has 2 aromatic carbocycles. The molecule has 11 heteroatoms. The molecule has 0 bridgehead atoms. The molecule has 2 rings (SSSR count). The van der Waals surface area contributed by atoms with Crippen molar-refractivity contribution in [2.45, 2.75) is 24.4 Å². The van der Waals surface area contributed by atoms with Crippen LogP contribution in [-0.4, -0.2) is 21.4 Å². The Morgan fingerprint density at radius 2 is 1.62 bits per heavy atom. The summed E-state index contributed by atoms with van der Waals surface area (Å²) in [5.41, 5.74) is 0.161. The molecule has 0 aliphatic carbocycles. The van der Waals surface area contributed by atoms with Gasteiger partial charge in [0.2, 0.25) is 10.0 Å². The first-order valence-corrected chi connectivity index (χ1v) is 8.43. The fourth-order valence-corrected chi connectivity index (χ4v) is 2.94. The van der Waals surface area contributed by atoms with E-state index in [1.54, 1.807) is 0 Å². The van der Waals surface area contributed by atoms with E-state index in [0.29, 0.717) is 0 Å². The van der Waals surface area contributed by atoms with Gasteiger partial charge in [-0.15, -0.1) is 13.2 Å². The number of halogens is 5. The highest BCUT2D eigenvalue weighted by Gasteiger charge is 2.31. The summed E-state index contributed by atoms with van der Waals surface area (Å²) in [5.74, 6) is -0.772. The van der Waals surface area contributed by atoms with Gasteiger partial charge in [0.1, 0.15) is 11.5 Å². The predicted molar refractivity (Wildman–Crippen MR) is 80.2 cm³/mol. The minimum atomic E-state index is -4.90. The first-order chi connectivity index (χ1) is 12.1.